The van der Waals surface area contributed by atoms with Crippen LogP contribution in [-0.4, -0.2) is 92.4 Å². The minimum atomic E-state index is -0.853. The number of ether oxygens (including phenoxy) is 2. The van der Waals surface area contributed by atoms with Crippen LogP contribution in [-0.2, 0) is 14.3 Å². The number of hydrogen-bond acceptors (Lipinski definition) is 8. The maximum absolute atomic E-state index is 15.1. The molecule has 0 saturated carbocycles. The second-order valence-corrected chi connectivity index (χ2v) is 9.09. The van der Waals surface area contributed by atoms with E-state index >= 15 is 8.78 Å². The Morgan fingerprint density at radius 1 is 1.12 bits per heavy atom. The van der Waals surface area contributed by atoms with Crippen LogP contribution < -0.4 is 20.4 Å². The summed E-state index contributed by atoms with van der Waals surface area (Å²) < 4.78 is 40.1. The number of carbonyl (C=O) groups excluding carboxylic acids is 4. The molecule has 0 aliphatic carbocycles. The van der Waals surface area contributed by atoms with E-state index in [1.165, 1.54) is 11.1 Å². The minimum absolute atomic E-state index is 0.00700. The van der Waals surface area contributed by atoms with Gasteiger partial charge < -0.3 is 29.9 Å². The molecule has 1 aromatic carbocycles. The summed E-state index contributed by atoms with van der Waals surface area (Å²) >= 11 is 0. The number of amides is 4. The number of anilines is 2. The summed E-state index contributed by atoms with van der Waals surface area (Å²) in [7, 11) is 0. The molecule has 0 spiro atoms. The number of benzene rings is 1. The lowest BCUT2D eigenvalue weighted by Gasteiger charge is -2.36. The van der Waals surface area contributed by atoms with E-state index in [1.54, 1.807) is 30.2 Å². The summed E-state index contributed by atoms with van der Waals surface area (Å²) in [6.07, 6.45) is 0.919. The number of aromatic nitrogens is 1. The van der Waals surface area contributed by atoms with Gasteiger partial charge in [-0.2, -0.15) is 0 Å². The van der Waals surface area contributed by atoms with Gasteiger partial charge in [-0.1, -0.05) is 0 Å². The highest BCUT2D eigenvalue weighted by Gasteiger charge is 2.34. The van der Waals surface area contributed by atoms with Crippen molar-refractivity contribution >= 4 is 35.4 Å². The van der Waals surface area contributed by atoms with Gasteiger partial charge in [-0.15, -0.1) is 0 Å². The predicted molar refractivity (Wildman–Crippen MR) is 139 cm³/mol. The Morgan fingerprint density at radius 2 is 1.85 bits per heavy atom. The van der Waals surface area contributed by atoms with E-state index in [2.05, 4.69) is 15.6 Å². The van der Waals surface area contributed by atoms with Crippen LogP contribution in [0.5, 0.6) is 0 Å². The molecule has 4 amide bonds. The average molecular weight is 561 g/mol. The number of pyridine rings is 1. The number of rotatable bonds is 9. The maximum Gasteiger partial charge on any atom is 0.414 e. The zero-order valence-corrected chi connectivity index (χ0v) is 21.9. The topological polar surface area (TPSA) is 133 Å². The number of cyclic esters (lactones) is 1. The summed E-state index contributed by atoms with van der Waals surface area (Å²) in [5, 5.41) is 5.13. The zero-order valence-electron chi connectivity index (χ0n) is 21.9. The van der Waals surface area contributed by atoms with Crippen LogP contribution in [0.1, 0.15) is 23.7 Å². The van der Waals surface area contributed by atoms with Crippen molar-refractivity contribution in [3.8, 4) is 0 Å². The molecule has 2 aliphatic rings. The standard InChI is InChI=1S/C26H30F2N6O6/c1-2-39-25(37)31-15-19-16-34(26(38)40-19)18-12-20(27)23(21(28)13-18)33-10-8-32(9-11-33)22(35)5-7-30-24(36)17-4-3-6-29-14-17/h3-4,6,12-14,19H,2,5,7-11,15-16H2,1H3,(H,30,36)(H,31,37)/t19-/m0/s1. The molecule has 1 atom stereocenters. The van der Waals surface area contributed by atoms with Crippen molar-refractivity contribution < 1.29 is 37.4 Å². The predicted octanol–water partition coefficient (Wildman–Crippen LogP) is 1.90. The zero-order chi connectivity index (χ0) is 28.6. The van der Waals surface area contributed by atoms with E-state index < -0.39 is 29.9 Å². The first kappa shape index (κ1) is 28.5. The molecule has 2 N–H and O–H groups in total. The Bertz CT molecular complexity index is 1220. The largest absolute Gasteiger partial charge is 0.450 e. The van der Waals surface area contributed by atoms with Crippen LogP contribution in [0.25, 0.3) is 0 Å². The van der Waals surface area contributed by atoms with E-state index in [9.17, 15) is 19.2 Å². The highest BCUT2D eigenvalue weighted by atomic mass is 19.1. The second-order valence-electron chi connectivity index (χ2n) is 9.09. The van der Waals surface area contributed by atoms with E-state index in [0.29, 0.717) is 5.56 Å². The first-order chi connectivity index (χ1) is 19.3. The third kappa shape index (κ3) is 6.93. The van der Waals surface area contributed by atoms with Gasteiger partial charge in [0.2, 0.25) is 5.91 Å². The third-order valence-corrected chi connectivity index (χ3v) is 6.43. The average Bonchev–Trinajstić information content (AvgIpc) is 3.32. The first-order valence-corrected chi connectivity index (χ1v) is 12.9. The van der Waals surface area contributed by atoms with Crippen LogP contribution in [0.4, 0.5) is 29.7 Å². The molecule has 2 saturated heterocycles. The lowest BCUT2D eigenvalue weighted by molar-refractivity contribution is -0.131. The number of nitrogens with one attached hydrogen (secondary N) is 2. The number of halogens is 2. The maximum atomic E-state index is 15.1. The van der Waals surface area contributed by atoms with Crippen LogP contribution >= 0.6 is 0 Å². The number of nitrogens with zero attached hydrogens (tertiary/aromatic N) is 4. The molecule has 2 fully saturated rings. The molecule has 4 rings (SSSR count). The van der Waals surface area contributed by atoms with E-state index in [4.69, 9.17) is 9.47 Å². The van der Waals surface area contributed by atoms with Gasteiger partial charge >= 0.3 is 12.2 Å². The lowest BCUT2D eigenvalue weighted by atomic mass is 10.2. The van der Waals surface area contributed by atoms with Gasteiger partial charge in [-0.25, -0.2) is 18.4 Å². The van der Waals surface area contributed by atoms with Crippen LogP contribution in [0, 0.1) is 11.6 Å². The third-order valence-electron chi connectivity index (χ3n) is 6.43. The summed E-state index contributed by atoms with van der Waals surface area (Å²) in [6.45, 7) is 2.88. The van der Waals surface area contributed by atoms with Crippen molar-refractivity contribution in [3.63, 3.8) is 0 Å². The van der Waals surface area contributed by atoms with Crippen LogP contribution in [0.15, 0.2) is 36.7 Å². The normalized spacial score (nSPS) is 16.9. The number of piperazine rings is 1. The Balaban J connectivity index is 1.28. The lowest BCUT2D eigenvalue weighted by Crippen LogP contribution is -2.49. The highest BCUT2D eigenvalue weighted by Crippen LogP contribution is 2.31. The SMILES string of the molecule is CCOC(=O)NC[C@H]1CN(c2cc(F)c(N3CCN(C(=O)CCNC(=O)c4cccnc4)CC3)c(F)c2)C(=O)O1. The highest BCUT2D eigenvalue weighted by molar-refractivity contribution is 5.94. The summed E-state index contributed by atoms with van der Waals surface area (Å²) in [4.78, 5) is 56.5. The van der Waals surface area contributed by atoms with Gasteiger partial charge in [0.15, 0.2) is 11.6 Å². The second kappa shape index (κ2) is 13.0. The Labute approximate surface area is 229 Å². The van der Waals surface area contributed by atoms with Gasteiger partial charge in [0.1, 0.15) is 11.8 Å². The fourth-order valence-electron chi connectivity index (χ4n) is 4.45. The van der Waals surface area contributed by atoms with E-state index in [-0.39, 0.29) is 82.0 Å². The van der Waals surface area contributed by atoms with Crippen molar-refractivity contribution in [2.75, 3.05) is 62.2 Å². The molecule has 1 aromatic heterocycles. The van der Waals surface area contributed by atoms with Crippen molar-refractivity contribution in [2.45, 2.75) is 19.4 Å². The van der Waals surface area contributed by atoms with E-state index in [0.717, 1.165) is 17.0 Å². The van der Waals surface area contributed by atoms with Gasteiger partial charge in [0, 0.05) is 63.7 Å². The molecule has 12 nitrogen and oxygen atoms in total. The smallest absolute Gasteiger partial charge is 0.414 e. The molecule has 0 bridgehead atoms. The summed E-state index contributed by atoms with van der Waals surface area (Å²) in [5.41, 5.74) is 0.142. The van der Waals surface area contributed by atoms with Crippen LogP contribution in [0.3, 0.4) is 0 Å². The van der Waals surface area contributed by atoms with Crippen molar-refractivity contribution in [2.24, 2.45) is 0 Å². The minimum Gasteiger partial charge on any atom is -0.450 e. The molecule has 3 heterocycles. The fraction of sp³-hybridized carbons (Fsp3) is 0.423. The van der Waals surface area contributed by atoms with Crippen molar-refractivity contribution in [3.05, 3.63) is 53.9 Å². The number of hydrogen-bond donors (Lipinski definition) is 2. The van der Waals surface area contributed by atoms with Gasteiger partial charge in [-0.3, -0.25) is 19.5 Å². The van der Waals surface area contributed by atoms with Gasteiger partial charge in [0.05, 0.1) is 30.9 Å². The Hall–Kier alpha value is -4.49. The van der Waals surface area contributed by atoms with Gasteiger partial charge in [0.25, 0.3) is 5.91 Å². The molecule has 0 unspecified atom stereocenters. The molecule has 0 radical (unpaired) electrons. The monoisotopic (exact) mass is 560 g/mol. The first-order valence-electron chi connectivity index (χ1n) is 12.9. The molecule has 40 heavy (non-hydrogen) atoms. The summed E-state index contributed by atoms with van der Waals surface area (Å²) in [6, 6.07) is 5.38. The van der Waals surface area contributed by atoms with E-state index in [1.807, 2.05) is 0 Å². The van der Waals surface area contributed by atoms with Crippen molar-refractivity contribution in [1.82, 2.24) is 20.5 Å². The van der Waals surface area contributed by atoms with Crippen molar-refractivity contribution in [1.29, 1.82) is 0 Å². The molecule has 14 heteroatoms. The Kier molecular flexibility index (Phi) is 9.30. The number of alkyl carbamates (subject to hydrolysis) is 1. The molecule has 2 aliphatic heterocycles. The molecule has 214 valence electrons. The molecule has 2 aromatic rings. The Morgan fingerprint density at radius 3 is 2.50 bits per heavy atom. The van der Waals surface area contributed by atoms with Gasteiger partial charge in [-0.05, 0) is 19.1 Å². The number of carbonyl (C=O) groups is 4. The quantitative estimate of drug-likeness (QED) is 0.475. The summed E-state index contributed by atoms with van der Waals surface area (Å²) in [5.74, 6) is -2.21. The molecular weight excluding hydrogens is 530 g/mol. The molecular formula is C26H30F2N6O6. The fourth-order valence-corrected chi connectivity index (χ4v) is 4.45. The van der Waals surface area contributed by atoms with Crippen LogP contribution in [0.2, 0.25) is 0 Å².